The third-order valence-corrected chi connectivity index (χ3v) is 2.39. The average Bonchev–Trinajstić information content (AvgIpc) is 2.46. The Morgan fingerprint density at radius 2 is 2.36 bits per heavy atom. The van der Waals surface area contributed by atoms with Gasteiger partial charge in [-0.3, -0.25) is 0 Å². The Balaban J connectivity index is 0.000000605. The summed E-state index contributed by atoms with van der Waals surface area (Å²) in [6.07, 6.45) is 1.66. The van der Waals surface area contributed by atoms with Crippen molar-refractivity contribution < 1.29 is 9.84 Å². The maximum Gasteiger partial charge on any atom is 0.0845 e. The molecule has 1 spiro atoms. The molecule has 0 aromatic carbocycles. The van der Waals surface area contributed by atoms with E-state index in [9.17, 15) is 5.11 Å². The zero-order valence-electron chi connectivity index (χ0n) is 6.38. The summed E-state index contributed by atoms with van der Waals surface area (Å²) in [4.78, 5) is 0. The highest BCUT2D eigenvalue weighted by Gasteiger charge is 2.41. The van der Waals surface area contributed by atoms with Crippen molar-refractivity contribution in [2.24, 2.45) is 0 Å². The highest BCUT2D eigenvalue weighted by atomic mass is 35.5. The Morgan fingerprint density at radius 1 is 1.55 bits per heavy atom. The van der Waals surface area contributed by atoms with Crippen LogP contribution in [-0.4, -0.2) is 36.5 Å². The van der Waals surface area contributed by atoms with Crippen molar-refractivity contribution in [1.29, 1.82) is 0 Å². The Bertz CT molecular complexity index is 136. The number of rotatable bonds is 0. The molecule has 0 radical (unpaired) electrons. The van der Waals surface area contributed by atoms with Gasteiger partial charge in [0.05, 0.1) is 18.3 Å². The van der Waals surface area contributed by atoms with Crippen LogP contribution in [0, 0.1) is 0 Å². The quantitative estimate of drug-likeness (QED) is 0.547. The van der Waals surface area contributed by atoms with E-state index >= 15 is 0 Å². The summed E-state index contributed by atoms with van der Waals surface area (Å²) in [6.45, 7) is 2.48. The molecular formula is C7H14ClNO2. The Morgan fingerprint density at radius 3 is 2.82 bits per heavy atom. The number of aliphatic hydroxyl groups is 1. The largest absolute Gasteiger partial charge is 0.391 e. The minimum absolute atomic E-state index is 0. The van der Waals surface area contributed by atoms with Crippen LogP contribution in [-0.2, 0) is 4.74 Å². The van der Waals surface area contributed by atoms with Crippen molar-refractivity contribution >= 4 is 12.4 Å². The van der Waals surface area contributed by atoms with Gasteiger partial charge < -0.3 is 15.2 Å². The normalized spacial score (nSPS) is 42.8. The van der Waals surface area contributed by atoms with E-state index in [4.69, 9.17) is 4.74 Å². The van der Waals surface area contributed by atoms with Gasteiger partial charge in [-0.15, -0.1) is 12.4 Å². The average molecular weight is 180 g/mol. The second kappa shape index (κ2) is 3.27. The van der Waals surface area contributed by atoms with Crippen LogP contribution < -0.4 is 5.32 Å². The number of nitrogens with one attached hydrogen (secondary N) is 1. The number of aliphatic hydroxyl groups excluding tert-OH is 1. The molecular weight excluding hydrogens is 166 g/mol. The summed E-state index contributed by atoms with van der Waals surface area (Å²) in [5.41, 5.74) is -0.000579. The number of halogens is 1. The molecule has 0 aliphatic carbocycles. The number of hydrogen-bond donors (Lipinski definition) is 2. The molecule has 2 rings (SSSR count). The van der Waals surface area contributed by atoms with E-state index in [0.717, 1.165) is 25.9 Å². The van der Waals surface area contributed by atoms with Crippen molar-refractivity contribution in [1.82, 2.24) is 5.32 Å². The van der Waals surface area contributed by atoms with E-state index in [1.165, 1.54) is 0 Å². The van der Waals surface area contributed by atoms with Crippen molar-refractivity contribution in [3.63, 3.8) is 0 Å². The molecule has 0 saturated carbocycles. The molecule has 0 bridgehead atoms. The van der Waals surface area contributed by atoms with Gasteiger partial charge in [-0.2, -0.15) is 0 Å². The predicted octanol–water partition coefficient (Wildman–Crippen LogP) is -0.0785. The fourth-order valence-electron chi connectivity index (χ4n) is 1.84. The SMILES string of the molecule is Cl.OC1COC2(CCNC2)C1. The van der Waals surface area contributed by atoms with Crippen molar-refractivity contribution in [3.05, 3.63) is 0 Å². The van der Waals surface area contributed by atoms with Gasteiger partial charge in [0.1, 0.15) is 0 Å². The van der Waals surface area contributed by atoms with Crippen LogP contribution >= 0.6 is 12.4 Å². The lowest BCUT2D eigenvalue weighted by atomic mass is 9.99. The first-order valence-electron chi connectivity index (χ1n) is 3.84. The summed E-state index contributed by atoms with van der Waals surface area (Å²) >= 11 is 0. The van der Waals surface area contributed by atoms with E-state index in [1.54, 1.807) is 0 Å². The number of hydrogen-bond acceptors (Lipinski definition) is 3. The lowest BCUT2D eigenvalue weighted by Gasteiger charge is -2.19. The van der Waals surface area contributed by atoms with Crippen molar-refractivity contribution in [3.8, 4) is 0 Å². The third kappa shape index (κ3) is 1.67. The summed E-state index contributed by atoms with van der Waals surface area (Å²) in [5.74, 6) is 0. The van der Waals surface area contributed by atoms with Gasteiger partial charge in [-0.25, -0.2) is 0 Å². The Hall–Kier alpha value is 0.170. The van der Waals surface area contributed by atoms with Crippen LogP contribution in [0.1, 0.15) is 12.8 Å². The van der Waals surface area contributed by atoms with E-state index < -0.39 is 0 Å². The second-order valence-corrected chi connectivity index (χ2v) is 3.28. The molecule has 0 aromatic rings. The zero-order chi connectivity index (χ0) is 7.03. The van der Waals surface area contributed by atoms with Gasteiger partial charge in [0, 0.05) is 13.0 Å². The van der Waals surface area contributed by atoms with Crippen LogP contribution in [0.5, 0.6) is 0 Å². The molecule has 4 heteroatoms. The molecule has 2 fully saturated rings. The van der Waals surface area contributed by atoms with Crippen molar-refractivity contribution in [2.75, 3.05) is 19.7 Å². The summed E-state index contributed by atoms with van der Waals surface area (Å²) in [6, 6.07) is 0. The van der Waals surface area contributed by atoms with Crippen LogP contribution in [0.15, 0.2) is 0 Å². The van der Waals surface area contributed by atoms with Gasteiger partial charge in [0.2, 0.25) is 0 Å². The zero-order valence-corrected chi connectivity index (χ0v) is 7.19. The molecule has 0 amide bonds. The summed E-state index contributed by atoms with van der Waals surface area (Å²) < 4.78 is 5.50. The summed E-state index contributed by atoms with van der Waals surface area (Å²) in [5, 5.41) is 12.4. The maximum atomic E-state index is 9.20. The van der Waals surface area contributed by atoms with E-state index in [0.29, 0.717) is 6.61 Å². The summed E-state index contributed by atoms with van der Waals surface area (Å²) in [7, 11) is 0. The van der Waals surface area contributed by atoms with Crippen LogP contribution in [0.25, 0.3) is 0 Å². The maximum absolute atomic E-state index is 9.20. The van der Waals surface area contributed by atoms with Crippen LogP contribution in [0.2, 0.25) is 0 Å². The molecule has 66 valence electrons. The van der Waals surface area contributed by atoms with E-state index in [1.807, 2.05) is 0 Å². The molecule has 2 aliphatic heterocycles. The molecule has 11 heavy (non-hydrogen) atoms. The lowest BCUT2D eigenvalue weighted by molar-refractivity contribution is 0.0172. The molecule has 2 N–H and O–H groups in total. The highest BCUT2D eigenvalue weighted by molar-refractivity contribution is 5.85. The molecule has 3 nitrogen and oxygen atoms in total. The minimum atomic E-state index is -0.222. The smallest absolute Gasteiger partial charge is 0.0845 e. The van der Waals surface area contributed by atoms with Crippen LogP contribution in [0.4, 0.5) is 0 Å². The van der Waals surface area contributed by atoms with Crippen molar-refractivity contribution in [2.45, 2.75) is 24.5 Å². The highest BCUT2D eigenvalue weighted by Crippen LogP contribution is 2.31. The second-order valence-electron chi connectivity index (χ2n) is 3.28. The molecule has 2 saturated heterocycles. The molecule has 2 atom stereocenters. The standard InChI is InChI=1S/C7H13NO2.ClH/c9-6-3-7(10-4-6)1-2-8-5-7;/h6,8-9H,1-5H2;1H. The van der Waals surface area contributed by atoms with E-state index in [2.05, 4.69) is 5.32 Å². The lowest BCUT2D eigenvalue weighted by Crippen LogP contribution is -2.30. The van der Waals surface area contributed by atoms with Gasteiger partial charge in [0.15, 0.2) is 0 Å². The third-order valence-electron chi connectivity index (χ3n) is 2.39. The Kier molecular flexibility index (Phi) is 2.75. The monoisotopic (exact) mass is 179 g/mol. The first-order valence-corrected chi connectivity index (χ1v) is 3.84. The van der Waals surface area contributed by atoms with Gasteiger partial charge in [-0.1, -0.05) is 0 Å². The molecule has 2 unspecified atom stereocenters. The first kappa shape index (κ1) is 9.26. The Labute approximate surface area is 72.5 Å². The fourth-order valence-corrected chi connectivity index (χ4v) is 1.84. The molecule has 2 heterocycles. The number of ether oxygens (including phenoxy) is 1. The topological polar surface area (TPSA) is 41.5 Å². The van der Waals surface area contributed by atoms with Gasteiger partial charge in [0.25, 0.3) is 0 Å². The van der Waals surface area contributed by atoms with Crippen LogP contribution in [0.3, 0.4) is 0 Å². The van der Waals surface area contributed by atoms with Gasteiger partial charge in [-0.05, 0) is 13.0 Å². The molecule has 0 aromatic heterocycles. The van der Waals surface area contributed by atoms with Gasteiger partial charge >= 0.3 is 0 Å². The van der Waals surface area contributed by atoms with E-state index in [-0.39, 0.29) is 24.1 Å². The predicted molar refractivity (Wildman–Crippen MR) is 44.0 cm³/mol. The minimum Gasteiger partial charge on any atom is -0.391 e. The molecule has 2 aliphatic rings. The first-order chi connectivity index (χ1) is 4.81. The fraction of sp³-hybridized carbons (Fsp3) is 1.00.